The molecule has 0 fully saturated rings. The molecule has 0 nitrogen and oxygen atoms in total. The zero-order valence-corrected chi connectivity index (χ0v) is 10.5. The predicted molar refractivity (Wildman–Crippen MR) is 71.0 cm³/mol. The first-order valence-electron chi connectivity index (χ1n) is 5.86. The second-order valence-electron chi connectivity index (χ2n) is 4.39. The van der Waals surface area contributed by atoms with Crippen molar-refractivity contribution in [3.05, 3.63) is 53.1 Å². The van der Waals surface area contributed by atoms with Crippen molar-refractivity contribution in [2.24, 2.45) is 0 Å². The average molecular weight is 244 g/mol. The fraction of sp³-hybridized carbons (Fsp3) is 0.200. The van der Waals surface area contributed by atoms with E-state index in [1.165, 1.54) is 22.3 Å². The van der Waals surface area contributed by atoms with Crippen molar-refractivity contribution in [1.82, 2.24) is 0 Å². The van der Waals surface area contributed by atoms with E-state index >= 15 is 0 Å². The Morgan fingerprint density at radius 2 is 2.06 bits per heavy atom. The summed E-state index contributed by atoms with van der Waals surface area (Å²) < 4.78 is 12.9. The van der Waals surface area contributed by atoms with E-state index in [0.29, 0.717) is 12.1 Å². The fourth-order valence-electron chi connectivity index (χ4n) is 2.56. The molecule has 0 saturated carbocycles. The van der Waals surface area contributed by atoms with Crippen molar-refractivity contribution in [2.75, 3.05) is 0 Å². The molecule has 86 valence electrons. The van der Waals surface area contributed by atoms with Crippen LogP contribution in [0.25, 0.3) is 11.1 Å². The van der Waals surface area contributed by atoms with Gasteiger partial charge in [0, 0.05) is 10.5 Å². The molecular weight excluding hydrogens is 231 g/mol. The summed E-state index contributed by atoms with van der Waals surface area (Å²) >= 11 is 0.348. The van der Waals surface area contributed by atoms with Gasteiger partial charge < -0.3 is 0 Å². The smallest absolute Gasteiger partial charge is 0.0818 e. The van der Waals surface area contributed by atoms with E-state index in [2.05, 4.69) is 31.2 Å². The molecular formula is C15H13FS. The van der Waals surface area contributed by atoms with Gasteiger partial charge in [-0.15, -0.1) is 0 Å². The van der Waals surface area contributed by atoms with E-state index in [9.17, 15) is 3.89 Å². The van der Waals surface area contributed by atoms with Crippen molar-refractivity contribution >= 4 is 12.1 Å². The number of halogens is 1. The molecule has 0 N–H and O–H groups in total. The van der Waals surface area contributed by atoms with Crippen molar-refractivity contribution in [3.8, 4) is 11.1 Å². The number of aryl methyl sites for hydroxylation is 1. The van der Waals surface area contributed by atoms with Crippen LogP contribution in [0.2, 0.25) is 0 Å². The third-order valence-electron chi connectivity index (χ3n) is 3.42. The van der Waals surface area contributed by atoms with Gasteiger partial charge in [0.05, 0.1) is 12.1 Å². The van der Waals surface area contributed by atoms with Gasteiger partial charge in [-0.05, 0) is 41.2 Å². The Labute approximate surface area is 105 Å². The summed E-state index contributed by atoms with van der Waals surface area (Å²) in [5.74, 6) is 0. The summed E-state index contributed by atoms with van der Waals surface area (Å²) in [6.07, 6.45) is 1.99. The molecule has 0 saturated heterocycles. The van der Waals surface area contributed by atoms with Gasteiger partial charge in [-0.2, -0.15) is 3.89 Å². The van der Waals surface area contributed by atoms with Crippen molar-refractivity contribution in [3.63, 3.8) is 0 Å². The highest BCUT2D eigenvalue weighted by atomic mass is 32.2. The summed E-state index contributed by atoms with van der Waals surface area (Å²) in [5.41, 5.74) is 6.23. The molecule has 2 heteroatoms. The van der Waals surface area contributed by atoms with E-state index in [0.717, 1.165) is 23.3 Å². The first-order valence-corrected chi connectivity index (χ1v) is 6.58. The molecule has 3 rings (SSSR count). The number of rotatable bonds is 2. The molecule has 17 heavy (non-hydrogen) atoms. The van der Waals surface area contributed by atoms with Gasteiger partial charge in [-0.25, -0.2) is 0 Å². The monoisotopic (exact) mass is 244 g/mol. The topological polar surface area (TPSA) is 0 Å². The van der Waals surface area contributed by atoms with Crippen LogP contribution in [-0.4, -0.2) is 0 Å². The molecule has 1 aliphatic carbocycles. The van der Waals surface area contributed by atoms with Gasteiger partial charge in [0.2, 0.25) is 0 Å². The number of hydrogen-bond donors (Lipinski definition) is 0. The lowest BCUT2D eigenvalue weighted by Gasteiger charge is -2.05. The SMILES string of the molecule is CCc1ccc2c(c1)Cc1cccc(SF)c1-2. The lowest BCUT2D eigenvalue weighted by molar-refractivity contribution is 0.934. The maximum absolute atomic E-state index is 12.9. The zero-order chi connectivity index (χ0) is 11.8. The number of benzene rings is 2. The zero-order valence-electron chi connectivity index (χ0n) is 9.66. The largest absolute Gasteiger partial charge is 0.160 e. The second-order valence-corrected chi connectivity index (χ2v) is 4.98. The summed E-state index contributed by atoms with van der Waals surface area (Å²) in [6.45, 7) is 2.16. The highest BCUT2D eigenvalue weighted by molar-refractivity contribution is 7.94. The van der Waals surface area contributed by atoms with E-state index in [1.54, 1.807) is 0 Å². The molecule has 0 amide bonds. The second kappa shape index (κ2) is 4.19. The molecule has 2 aromatic carbocycles. The minimum atomic E-state index is 0.348. The molecule has 1 aliphatic rings. The van der Waals surface area contributed by atoms with Gasteiger partial charge >= 0.3 is 0 Å². The van der Waals surface area contributed by atoms with Gasteiger partial charge in [0.1, 0.15) is 0 Å². The van der Waals surface area contributed by atoms with Crippen molar-refractivity contribution in [1.29, 1.82) is 0 Å². The summed E-state index contributed by atoms with van der Waals surface area (Å²) in [6, 6.07) is 12.4. The van der Waals surface area contributed by atoms with Crippen LogP contribution in [0.4, 0.5) is 3.89 Å². The Morgan fingerprint density at radius 3 is 2.82 bits per heavy atom. The van der Waals surface area contributed by atoms with Crippen LogP contribution in [0.5, 0.6) is 0 Å². The quantitative estimate of drug-likeness (QED) is 0.624. The standard InChI is InChI=1S/C15H13FS/c1-2-10-6-7-13-12(8-10)9-11-4-3-5-14(17-16)15(11)13/h3-8H,2,9H2,1H3. The Balaban J connectivity index is 2.20. The average Bonchev–Trinajstić information content (AvgIpc) is 2.75. The maximum atomic E-state index is 12.9. The molecule has 0 radical (unpaired) electrons. The minimum Gasteiger partial charge on any atom is -0.160 e. The molecule has 2 aromatic rings. The normalized spacial score (nSPS) is 12.4. The van der Waals surface area contributed by atoms with Gasteiger partial charge in [-0.1, -0.05) is 37.3 Å². The molecule has 0 spiro atoms. The first kappa shape index (κ1) is 10.8. The van der Waals surface area contributed by atoms with Crippen molar-refractivity contribution < 1.29 is 3.89 Å². The minimum absolute atomic E-state index is 0.348. The molecule has 0 bridgehead atoms. The van der Waals surface area contributed by atoms with E-state index in [-0.39, 0.29) is 0 Å². The molecule has 0 heterocycles. The van der Waals surface area contributed by atoms with Crippen molar-refractivity contribution in [2.45, 2.75) is 24.7 Å². The number of fused-ring (bicyclic) bond motifs is 3. The summed E-state index contributed by atoms with van der Waals surface area (Å²) in [7, 11) is 0. The Bertz CT molecular complexity index is 575. The highest BCUT2D eigenvalue weighted by Gasteiger charge is 2.21. The summed E-state index contributed by atoms with van der Waals surface area (Å²) in [5, 5.41) is 0. The number of hydrogen-bond acceptors (Lipinski definition) is 1. The fourth-order valence-corrected chi connectivity index (χ4v) is 3.00. The maximum Gasteiger partial charge on any atom is 0.0818 e. The van der Waals surface area contributed by atoms with Gasteiger partial charge in [0.25, 0.3) is 0 Å². The van der Waals surface area contributed by atoms with E-state index in [1.807, 2.05) is 12.1 Å². The van der Waals surface area contributed by atoms with Crippen LogP contribution in [0.1, 0.15) is 23.6 Å². The van der Waals surface area contributed by atoms with Crippen LogP contribution in [0.3, 0.4) is 0 Å². The van der Waals surface area contributed by atoms with Crippen LogP contribution in [0, 0.1) is 0 Å². The van der Waals surface area contributed by atoms with E-state index in [4.69, 9.17) is 0 Å². The molecule has 0 aliphatic heterocycles. The lowest BCUT2D eigenvalue weighted by atomic mass is 10.0. The molecule has 0 atom stereocenters. The highest BCUT2D eigenvalue weighted by Crippen LogP contribution is 2.43. The van der Waals surface area contributed by atoms with E-state index < -0.39 is 0 Å². The van der Waals surface area contributed by atoms with Crippen LogP contribution >= 0.6 is 12.1 Å². The summed E-state index contributed by atoms with van der Waals surface area (Å²) in [4.78, 5) is 0.741. The lowest BCUT2D eigenvalue weighted by Crippen LogP contribution is -1.85. The Hall–Kier alpha value is -1.28. The van der Waals surface area contributed by atoms with Crippen LogP contribution in [-0.2, 0) is 12.8 Å². The third kappa shape index (κ3) is 1.67. The van der Waals surface area contributed by atoms with Crippen LogP contribution < -0.4 is 0 Å². The molecule has 0 unspecified atom stereocenters. The third-order valence-corrected chi connectivity index (χ3v) is 3.93. The van der Waals surface area contributed by atoms with Crippen LogP contribution in [0.15, 0.2) is 41.3 Å². The van der Waals surface area contributed by atoms with Gasteiger partial charge in [-0.3, -0.25) is 0 Å². The Kier molecular flexibility index (Phi) is 2.67. The van der Waals surface area contributed by atoms with Gasteiger partial charge in [0.15, 0.2) is 0 Å². The first-order chi connectivity index (χ1) is 8.33. The molecule has 0 aromatic heterocycles. The predicted octanol–water partition coefficient (Wildman–Crippen LogP) is 4.80. The Morgan fingerprint density at radius 1 is 1.18 bits per heavy atom.